The maximum absolute atomic E-state index is 13.0. The molecule has 0 bridgehead atoms. The Morgan fingerprint density at radius 3 is 3.16 bits per heavy atom. The number of carbonyl (C=O) groups is 1. The van der Waals surface area contributed by atoms with E-state index in [9.17, 15) is 9.18 Å². The molecule has 0 radical (unpaired) electrons. The molecule has 0 spiro atoms. The molecule has 2 rings (SSSR count). The van der Waals surface area contributed by atoms with E-state index in [0.717, 1.165) is 44.7 Å². The van der Waals surface area contributed by atoms with Gasteiger partial charge in [-0.3, -0.25) is 0 Å². The number of piperidine rings is 1. The Balaban J connectivity index is 2.12. The topological polar surface area (TPSA) is 65.5 Å². The SMILES string of the molecule is CCN1CCCC(Nc2ncc(F)cc2C(=O)O)C1. The van der Waals surface area contributed by atoms with Crippen molar-refractivity contribution in [3.63, 3.8) is 0 Å². The Hall–Kier alpha value is -1.69. The lowest BCUT2D eigenvalue weighted by Gasteiger charge is -2.32. The van der Waals surface area contributed by atoms with Gasteiger partial charge in [-0.1, -0.05) is 6.92 Å². The molecular formula is C13H18FN3O2. The second-order valence-corrected chi connectivity index (χ2v) is 4.73. The number of pyridine rings is 1. The van der Waals surface area contributed by atoms with Gasteiger partial charge in [0.1, 0.15) is 17.2 Å². The summed E-state index contributed by atoms with van der Waals surface area (Å²) in [5.41, 5.74) is -0.117. The molecule has 1 aromatic rings. The lowest BCUT2D eigenvalue weighted by molar-refractivity contribution is 0.0697. The summed E-state index contributed by atoms with van der Waals surface area (Å²) in [5.74, 6) is -1.56. The normalized spacial score (nSPS) is 20.2. The first-order valence-corrected chi connectivity index (χ1v) is 6.48. The van der Waals surface area contributed by atoms with Gasteiger partial charge in [-0.2, -0.15) is 0 Å². The Morgan fingerprint density at radius 1 is 1.68 bits per heavy atom. The molecule has 104 valence electrons. The first-order chi connectivity index (χ1) is 9.10. The number of halogens is 1. The van der Waals surface area contributed by atoms with Crippen LogP contribution in [-0.4, -0.2) is 46.6 Å². The maximum Gasteiger partial charge on any atom is 0.339 e. The minimum atomic E-state index is -1.17. The fraction of sp³-hybridized carbons (Fsp3) is 0.538. The number of carboxylic acids is 1. The molecule has 1 saturated heterocycles. The largest absolute Gasteiger partial charge is 0.478 e. The molecule has 0 aromatic carbocycles. The molecule has 19 heavy (non-hydrogen) atoms. The van der Waals surface area contributed by atoms with Crippen LogP contribution in [0.25, 0.3) is 0 Å². The molecule has 0 aliphatic carbocycles. The zero-order valence-electron chi connectivity index (χ0n) is 10.9. The molecule has 1 fully saturated rings. The highest BCUT2D eigenvalue weighted by atomic mass is 19.1. The van der Waals surface area contributed by atoms with E-state index >= 15 is 0 Å². The number of carboxylic acid groups (broad SMARTS) is 1. The molecule has 1 aliphatic heterocycles. The van der Waals surface area contributed by atoms with Crippen molar-refractivity contribution in [1.82, 2.24) is 9.88 Å². The highest BCUT2D eigenvalue weighted by molar-refractivity contribution is 5.93. The summed E-state index contributed by atoms with van der Waals surface area (Å²) in [4.78, 5) is 17.2. The van der Waals surface area contributed by atoms with Crippen molar-refractivity contribution in [3.05, 3.63) is 23.6 Å². The molecule has 1 atom stereocenters. The van der Waals surface area contributed by atoms with Crippen LogP contribution in [0.5, 0.6) is 0 Å². The van der Waals surface area contributed by atoms with Gasteiger partial charge in [-0.15, -0.1) is 0 Å². The quantitative estimate of drug-likeness (QED) is 0.871. The fourth-order valence-corrected chi connectivity index (χ4v) is 2.37. The monoisotopic (exact) mass is 267 g/mol. The predicted octanol–water partition coefficient (Wildman–Crippen LogP) is 1.82. The third-order valence-electron chi connectivity index (χ3n) is 3.38. The van der Waals surface area contributed by atoms with Gasteiger partial charge in [0.25, 0.3) is 0 Å². The molecule has 0 amide bonds. The standard InChI is InChI=1S/C13H18FN3O2/c1-2-17-5-3-4-10(8-17)16-12-11(13(18)19)6-9(14)7-15-12/h6-7,10H,2-5,8H2,1H3,(H,15,16)(H,18,19). The van der Waals surface area contributed by atoms with E-state index in [0.29, 0.717) is 0 Å². The zero-order valence-corrected chi connectivity index (χ0v) is 10.9. The van der Waals surface area contributed by atoms with E-state index in [-0.39, 0.29) is 17.4 Å². The van der Waals surface area contributed by atoms with Gasteiger partial charge in [0.15, 0.2) is 0 Å². The first kappa shape index (κ1) is 13.7. The molecule has 2 heterocycles. The lowest BCUT2D eigenvalue weighted by Crippen LogP contribution is -2.42. The smallest absolute Gasteiger partial charge is 0.339 e. The molecule has 0 saturated carbocycles. The fourth-order valence-electron chi connectivity index (χ4n) is 2.37. The zero-order chi connectivity index (χ0) is 13.8. The van der Waals surface area contributed by atoms with Gasteiger partial charge in [0, 0.05) is 12.6 Å². The number of hydrogen-bond donors (Lipinski definition) is 2. The van der Waals surface area contributed by atoms with Crippen LogP contribution in [0.4, 0.5) is 10.2 Å². The number of likely N-dealkylation sites (N-methyl/N-ethyl adjacent to an activating group) is 1. The van der Waals surface area contributed by atoms with Crippen LogP contribution in [0.3, 0.4) is 0 Å². The number of anilines is 1. The van der Waals surface area contributed by atoms with Crippen molar-refractivity contribution in [2.75, 3.05) is 25.0 Å². The van der Waals surface area contributed by atoms with E-state index in [1.54, 1.807) is 0 Å². The van der Waals surface area contributed by atoms with Crippen LogP contribution >= 0.6 is 0 Å². The number of aromatic nitrogens is 1. The van der Waals surface area contributed by atoms with E-state index in [4.69, 9.17) is 5.11 Å². The van der Waals surface area contributed by atoms with Crippen LogP contribution in [0.2, 0.25) is 0 Å². The highest BCUT2D eigenvalue weighted by Gasteiger charge is 2.21. The first-order valence-electron chi connectivity index (χ1n) is 6.48. The van der Waals surface area contributed by atoms with Gasteiger partial charge in [-0.25, -0.2) is 14.2 Å². The Kier molecular flexibility index (Phi) is 4.31. The molecule has 6 heteroatoms. The Bertz CT molecular complexity index is 467. The van der Waals surface area contributed by atoms with Gasteiger partial charge < -0.3 is 15.3 Å². The number of aromatic carboxylic acids is 1. The van der Waals surface area contributed by atoms with Gasteiger partial charge in [-0.05, 0) is 32.0 Å². The number of hydrogen-bond acceptors (Lipinski definition) is 4. The number of likely N-dealkylation sites (tertiary alicyclic amines) is 1. The van der Waals surface area contributed by atoms with Crippen LogP contribution < -0.4 is 5.32 Å². The third kappa shape index (κ3) is 3.41. The Labute approximate surface area is 111 Å². The summed E-state index contributed by atoms with van der Waals surface area (Å²) in [6.45, 7) is 4.99. The van der Waals surface area contributed by atoms with Crippen molar-refractivity contribution in [3.8, 4) is 0 Å². The molecule has 2 N–H and O–H groups in total. The van der Waals surface area contributed by atoms with Gasteiger partial charge >= 0.3 is 5.97 Å². The molecule has 1 unspecified atom stereocenters. The summed E-state index contributed by atoms with van der Waals surface area (Å²) in [5, 5.41) is 12.2. The maximum atomic E-state index is 13.0. The second-order valence-electron chi connectivity index (χ2n) is 4.73. The van der Waals surface area contributed by atoms with E-state index in [1.807, 2.05) is 0 Å². The number of nitrogens with zero attached hydrogens (tertiary/aromatic N) is 2. The Morgan fingerprint density at radius 2 is 2.47 bits per heavy atom. The van der Waals surface area contributed by atoms with Crippen LogP contribution in [-0.2, 0) is 0 Å². The third-order valence-corrected chi connectivity index (χ3v) is 3.38. The van der Waals surface area contributed by atoms with Crippen LogP contribution in [0.15, 0.2) is 12.3 Å². The molecule has 1 aliphatic rings. The van der Waals surface area contributed by atoms with Crippen molar-refractivity contribution in [1.29, 1.82) is 0 Å². The predicted molar refractivity (Wildman–Crippen MR) is 69.9 cm³/mol. The summed E-state index contributed by atoms with van der Waals surface area (Å²) in [6.07, 6.45) is 3.07. The summed E-state index contributed by atoms with van der Waals surface area (Å²) in [6, 6.07) is 1.16. The van der Waals surface area contributed by atoms with Gasteiger partial charge in [0.05, 0.1) is 6.20 Å². The lowest BCUT2D eigenvalue weighted by atomic mass is 10.1. The van der Waals surface area contributed by atoms with Crippen molar-refractivity contribution >= 4 is 11.8 Å². The number of rotatable bonds is 4. The van der Waals surface area contributed by atoms with Crippen molar-refractivity contribution in [2.45, 2.75) is 25.8 Å². The van der Waals surface area contributed by atoms with E-state index in [1.165, 1.54) is 0 Å². The van der Waals surface area contributed by atoms with Crippen LogP contribution in [0.1, 0.15) is 30.1 Å². The van der Waals surface area contributed by atoms with Gasteiger partial charge in [0.2, 0.25) is 0 Å². The van der Waals surface area contributed by atoms with Crippen LogP contribution in [0, 0.1) is 5.82 Å². The minimum Gasteiger partial charge on any atom is -0.478 e. The highest BCUT2D eigenvalue weighted by Crippen LogP contribution is 2.18. The average molecular weight is 267 g/mol. The van der Waals surface area contributed by atoms with E-state index < -0.39 is 11.8 Å². The van der Waals surface area contributed by atoms with E-state index in [2.05, 4.69) is 22.1 Å². The average Bonchev–Trinajstić information content (AvgIpc) is 2.41. The molecule has 5 nitrogen and oxygen atoms in total. The second kappa shape index (κ2) is 5.97. The van der Waals surface area contributed by atoms with Crippen molar-refractivity contribution in [2.24, 2.45) is 0 Å². The molecule has 1 aromatic heterocycles. The molecular weight excluding hydrogens is 249 g/mol. The summed E-state index contributed by atoms with van der Waals surface area (Å²) in [7, 11) is 0. The summed E-state index contributed by atoms with van der Waals surface area (Å²) >= 11 is 0. The van der Waals surface area contributed by atoms with Crippen molar-refractivity contribution < 1.29 is 14.3 Å². The summed E-state index contributed by atoms with van der Waals surface area (Å²) < 4.78 is 13.0. The minimum absolute atomic E-state index is 0.117. The number of nitrogens with one attached hydrogen (secondary N) is 1.